The minimum absolute atomic E-state index is 0.476. The molecule has 0 aliphatic carbocycles. The molecule has 1 unspecified atom stereocenters. The van der Waals surface area contributed by atoms with Crippen LogP contribution in [0.3, 0.4) is 0 Å². The third-order valence-electron chi connectivity index (χ3n) is 3.55. The number of hydrogen-bond acceptors (Lipinski definition) is 3. The predicted octanol–water partition coefficient (Wildman–Crippen LogP) is 4.82. The molecule has 3 aromatic rings. The zero-order valence-electron chi connectivity index (χ0n) is 11.8. The summed E-state index contributed by atoms with van der Waals surface area (Å²) in [4.78, 5) is 4.69. The molecule has 0 saturated heterocycles. The lowest BCUT2D eigenvalue weighted by molar-refractivity contribution is 0.804. The van der Waals surface area contributed by atoms with Crippen LogP contribution < -0.4 is 5.32 Å². The number of nitrogens with one attached hydrogen (secondary N) is 1. The van der Waals surface area contributed by atoms with Gasteiger partial charge in [-0.15, -0.1) is 0 Å². The molecule has 0 fully saturated rings. The Balaban J connectivity index is 1.72. The molecule has 0 aliphatic heterocycles. The number of thiazole rings is 1. The molecule has 1 heterocycles. The molecule has 1 aromatic heterocycles. The lowest BCUT2D eigenvalue weighted by Crippen LogP contribution is -2.09. The van der Waals surface area contributed by atoms with Crippen molar-refractivity contribution in [2.45, 2.75) is 19.8 Å². The summed E-state index contributed by atoms with van der Waals surface area (Å²) < 4.78 is 1.25. The number of hydrogen-bond donors (Lipinski definition) is 1. The van der Waals surface area contributed by atoms with Gasteiger partial charge in [0.1, 0.15) is 0 Å². The predicted molar refractivity (Wildman–Crippen MR) is 87.7 cm³/mol. The average molecular weight is 282 g/mol. The summed E-state index contributed by atoms with van der Waals surface area (Å²) in [6.45, 7) is 5.25. The third kappa shape index (κ3) is 2.68. The number of aromatic nitrogens is 1. The maximum Gasteiger partial charge on any atom is 0.183 e. The Morgan fingerprint density at radius 1 is 1.10 bits per heavy atom. The van der Waals surface area contributed by atoms with Crippen molar-refractivity contribution in [1.82, 2.24) is 4.98 Å². The van der Waals surface area contributed by atoms with Crippen molar-refractivity contribution in [2.75, 3.05) is 11.9 Å². The minimum atomic E-state index is 0.476. The molecule has 0 saturated carbocycles. The Morgan fingerprint density at radius 3 is 2.65 bits per heavy atom. The first kappa shape index (κ1) is 13.1. The first-order valence-electron chi connectivity index (χ1n) is 6.89. The molecule has 0 aliphatic rings. The van der Waals surface area contributed by atoms with Gasteiger partial charge in [-0.2, -0.15) is 0 Å². The van der Waals surface area contributed by atoms with Gasteiger partial charge in [0.15, 0.2) is 5.13 Å². The Morgan fingerprint density at radius 2 is 1.90 bits per heavy atom. The van der Waals surface area contributed by atoms with Crippen molar-refractivity contribution in [3.05, 3.63) is 59.7 Å². The van der Waals surface area contributed by atoms with Crippen LogP contribution in [0.2, 0.25) is 0 Å². The molecule has 2 nitrogen and oxygen atoms in total. The molecule has 0 spiro atoms. The van der Waals surface area contributed by atoms with Gasteiger partial charge in [-0.05, 0) is 30.0 Å². The quantitative estimate of drug-likeness (QED) is 0.742. The second-order valence-electron chi connectivity index (χ2n) is 5.13. The molecular formula is C17H18N2S. The van der Waals surface area contributed by atoms with E-state index in [9.17, 15) is 0 Å². The zero-order chi connectivity index (χ0) is 13.9. The molecule has 0 amide bonds. The van der Waals surface area contributed by atoms with Crippen molar-refractivity contribution in [1.29, 1.82) is 0 Å². The van der Waals surface area contributed by atoms with Crippen LogP contribution in [0.4, 0.5) is 5.13 Å². The fraction of sp³-hybridized carbons (Fsp3) is 0.235. The van der Waals surface area contributed by atoms with Gasteiger partial charge in [-0.25, -0.2) is 4.98 Å². The van der Waals surface area contributed by atoms with Gasteiger partial charge in [-0.3, -0.25) is 0 Å². The van der Waals surface area contributed by atoms with E-state index in [4.69, 9.17) is 0 Å². The highest BCUT2D eigenvalue weighted by Crippen LogP contribution is 2.28. The highest BCUT2D eigenvalue weighted by Gasteiger charge is 2.08. The van der Waals surface area contributed by atoms with Crippen molar-refractivity contribution in [2.24, 2.45) is 0 Å². The van der Waals surface area contributed by atoms with Crippen molar-refractivity contribution in [3.63, 3.8) is 0 Å². The lowest BCUT2D eigenvalue weighted by Gasteiger charge is -2.11. The summed E-state index contributed by atoms with van der Waals surface area (Å²) in [6, 6.07) is 16.9. The molecule has 1 atom stereocenters. The van der Waals surface area contributed by atoms with Crippen LogP contribution >= 0.6 is 11.3 Å². The molecule has 3 heteroatoms. The monoisotopic (exact) mass is 282 g/mol. The molecular weight excluding hydrogens is 264 g/mol. The van der Waals surface area contributed by atoms with E-state index in [1.165, 1.54) is 15.8 Å². The normalized spacial score (nSPS) is 12.5. The number of para-hydroxylation sites is 1. The molecule has 0 bridgehead atoms. The van der Waals surface area contributed by atoms with Gasteiger partial charge in [0.2, 0.25) is 0 Å². The zero-order valence-corrected chi connectivity index (χ0v) is 12.6. The Hall–Kier alpha value is -1.87. The summed E-state index contributed by atoms with van der Waals surface area (Å²) in [6.07, 6.45) is 0. The number of anilines is 1. The number of nitrogens with zero attached hydrogens (tertiary/aromatic N) is 1. The number of fused-ring (bicyclic) bond motifs is 1. The van der Waals surface area contributed by atoms with Gasteiger partial charge in [0.25, 0.3) is 0 Å². The van der Waals surface area contributed by atoms with Crippen LogP contribution in [0.15, 0.2) is 48.5 Å². The van der Waals surface area contributed by atoms with Gasteiger partial charge < -0.3 is 5.32 Å². The van der Waals surface area contributed by atoms with E-state index in [2.05, 4.69) is 72.7 Å². The summed E-state index contributed by atoms with van der Waals surface area (Å²) in [5, 5.41) is 4.48. The maximum absolute atomic E-state index is 4.69. The Bertz CT molecular complexity index is 703. The molecule has 3 rings (SSSR count). The molecule has 1 N–H and O–H groups in total. The largest absolute Gasteiger partial charge is 0.361 e. The summed E-state index contributed by atoms with van der Waals surface area (Å²) >= 11 is 1.73. The first-order valence-corrected chi connectivity index (χ1v) is 7.70. The van der Waals surface area contributed by atoms with Crippen LogP contribution in [-0.2, 0) is 0 Å². The fourth-order valence-corrected chi connectivity index (χ4v) is 3.25. The van der Waals surface area contributed by atoms with E-state index in [1.54, 1.807) is 11.3 Å². The topological polar surface area (TPSA) is 24.9 Å². The maximum atomic E-state index is 4.69. The second-order valence-corrected chi connectivity index (χ2v) is 6.16. The van der Waals surface area contributed by atoms with E-state index in [0.29, 0.717) is 5.92 Å². The van der Waals surface area contributed by atoms with Gasteiger partial charge >= 0.3 is 0 Å². The number of aryl methyl sites for hydroxylation is 1. The number of rotatable bonds is 4. The van der Waals surface area contributed by atoms with Crippen LogP contribution in [0.25, 0.3) is 10.2 Å². The average Bonchev–Trinajstić information content (AvgIpc) is 2.90. The van der Waals surface area contributed by atoms with Gasteiger partial charge in [-0.1, -0.05) is 60.7 Å². The summed E-state index contributed by atoms with van der Waals surface area (Å²) in [7, 11) is 0. The van der Waals surface area contributed by atoms with Crippen LogP contribution in [0, 0.1) is 6.92 Å². The molecule has 102 valence electrons. The minimum Gasteiger partial charge on any atom is -0.361 e. The standard InChI is InChI=1S/C17H18N2S/c1-12-7-6-10-15-16(12)19-17(20-15)18-11-13(2)14-8-4-3-5-9-14/h3-10,13H,11H2,1-2H3,(H,18,19). The Labute approximate surface area is 123 Å². The SMILES string of the molecule is Cc1cccc2sc(NCC(C)c3ccccc3)nc12. The highest BCUT2D eigenvalue weighted by molar-refractivity contribution is 7.22. The van der Waals surface area contributed by atoms with E-state index >= 15 is 0 Å². The van der Waals surface area contributed by atoms with Crippen molar-refractivity contribution in [3.8, 4) is 0 Å². The second kappa shape index (κ2) is 5.63. The van der Waals surface area contributed by atoms with Crippen molar-refractivity contribution < 1.29 is 0 Å². The fourth-order valence-electron chi connectivity index (χ4n) is 2.30. The Kier molecular flexibility index (Phi) is 3.70. The van der Waals surface area contributed by atoms with Crippen LogP contribution in [0.1, 0.15) is 24.0 Å². The van der Waals surface area contributed by atoms with Crippen LogP contribution in [-0.4, -0.2) is 11.5 Å². The highest BCUT2D eigenvalue weighted by atomic mass is 32.1. The van der Waals surface area contributed by atoms with E-state index in [0.717, 1.165) is 17.2 Å². The van der Waals surface area contributed by atoms with E-state index in [-0.39, 0.29) is 0 Å². The molecule has 0 radical (unpaired) electrons. The first-order chi connectivity index (χ1) is 9.74. The van der Waals surface area contributed by atoms with Crippen molar-refractivity contribution >= 4 is 26.7 Å². The van der Waals surface area contributed by atoms with E-state index in [1.807, 2.05) is 0 Å². The molecule has 2 aromatic carbocycles. The third-order valence-corrected chi connectivity index (χ3v) is 4.53. The smallest absolute Gasteiger partial charge is 0.183 e. The lowest BCUT2D eigenvalue weighted by atomic mass is 10.0. The van der Waals surface area contributed by atoms with Gasteiger partial charge in [0.05, 0.1) is 10.2 Å². The summed E-state index contributed by atoms with van der Waals surface area (Å²) in [5.41, 5.74) is 3.72. The summed E-state index contributed by atoms with van der Waals surface area (Å²) in [5.74, 6) is 0.476. The number of benzene rings is 2. The van der Waals surface area contributed by atoms with Gasteiger partial charge in [0, 0.05) is 6.54 Å². The van der Waals surface area contributed by atoms with Crippen LogP contribution in [0.5, 0.6) is 0 Å². The molecule has 20 heavy (non-hydrogen) atoms. The van der Waals surface area contributed by atoms with E-state index < -0.39 is 0 Å².